The number of halogens is 3. The predicted molar refractivity (Wildman–Crippen MR) is 74.7 cm³/mol. The van der Waals surface area contributed by atoms with E-state index in [0.29, 0.717) is 26.2 Å². The second kappa shape index (κ2) is 7.03. The van der Waals surface area contributed by atoms with Crippen LogP contribution in [0, 0.1) is 0 Å². The number of furan rings is 1. The number of rotatable bonds is 4. The molecule has 2 amide bonds. The number of nitrogens with zero attached hydrogens (tertiary/aromatic N) is 2. The van der Waals surface area contributed by atoms with Gasteiger partial charge in [0.05, 0.1) is 12.3 Å². The molecule has 128 valence electrons. The maximum absolute atomic E-state index is 12.1. The second-order valence-corrected chi connectivity index (χ2v) is 5.31. The van der Waals surface area contributed by atoms with Gasteiger partial charge in [0.2, 0.25) is 5.91 Å². The van der Waals surface area contributed by atoms with Crippen molar-refractivity contribution in [2.24, 2.45) is 0 Å². The average molecular weight is 333 g/mol. The summed E-state index contributed by atoms with van der Waals surface area (Å²) in [5, 5.41) is 1.87. The highest BCUT2D eigenvalue weighted by Crippen LogP contribution is 2.14. The predicted octanol–water partition coefficient (Wildman–Crippen LogP) is 1.10. The van der Waals surface area contributed by atoms with Crippen molar-refractivity contribution in [2.45, 2.75) is 19.1 Å². The van der Waals surface area contributed by atoms with Crippen molar-refractivity contribution >= 4 is 11.8 Å². The van der Waals surface area contributed by atoms with E-state index >= 15 is 0 Å². The van der Waals surface area contributed by atoms with Crippen molar-refractivity contribution in [1.29, 1.82) is 0 Å². The Hall–Kier alpha value is -2.03. The molecule has 1 saturated heterocycles. The van der Waals surface area contributed by atoms with Crippen LogP contribution in [0.2, 0.25) is 0 Å². The molecule has 0 bridgehead atoms. The highest BCUT2D eigenvalue weighted by atomic mass is 19.4. The van der Waals surface area contributed by atoms with E-state index in [1.807, 2.05) is 5.32 Å². The minimum Gasteiger partial charge on any atom is -0.459 e. The first-order valence-corrected chi connectivity index (χ1v) is 7.19. The van der Waals surface area contributed by atoms with E-state index < -0.39 is 24.7 Å². The molecule has 1 N–H and O–H groups in total. The molecule has 2 heterocycles. The molecule has 1 atom stereocenters. The van der Waals surface area contributed by atoms with E-state index in [9.17, 15) is 22.8 Å². The highest BCUT2D eigenvalue weighted by molar-refractivity contribution is 5.91. The Bertz CT molecular complexity index is 537. The summed E-state index contributed by atoms with van der Waals surface area (Å²) in [4.78, 5) is 27.2. The quantitative estimate of drug-likeness (QED) is 0.896. The Morgan fingerprint density at radius 3 is 2.48 bits per heavy atom. The fourth-order valence-electron chi connectivity index (χ4n) is 2.37. The Morgan fingerprint density at radius 1 is 1.30 bits per heavy atom. The number of piperazine rings is 1. The lowest BCUT2D eigenvalue weighted by molar-refractivity contribution is -0.141. The molecule has 0 aliphatic carbocycles. The monoisotopic (exact) mass is 333 g/mol. The van der Waals surface area contributed by atoms with Crippen LogP contribution in [0.5, 0.6) is 0 Å². The first kappa shape index (κ1) is 17.3. The van der Waals surface area contributed by atoms with Crippen molar-refractivity contribution in [2.75, 3.05) is 32.7 Å². The van der Waals surface area contributed by atoms with Crippen LogP contribution in [0.3, 0.4) is 0 Å². The van der Waals surface area contributed by atoms with Gasteiger partial charge in [-0.1, -0.05) is 0 Å². The van der Waals surface area contributed by atoms with E-state index in [1.54, 1.807) is 28.9 Å². The zero-order valence-corrected chi connectivity index (χ0v) is 12.6. The van der Waals surface area contributed by atoms with Crippen molar-refractivity contribution in [3.05, 3.63) is 24.2 Å². The summed E-state index contributed by atoms with van der Waals surface area (Å²) >= 11 is 0. The summed E-state index contributed by atoms with van der Waals surface area (Å²) in [7, 11) is 0. The third kappa shape index (κ3) is 4.72. The minimum absolute atomic E-state index is 0.233. The zero-order chi connectivity index (χ0) is 17.0. The van der Waals surface area contributed by atoms with Crippen LogP contribution in [0.1, 0.15) is 17.5 Å². The highest BCUT2D eigenvalue weighted by Gasteiger charge is 2.32. The minimum atomic E-state index is -4.43. The van der Waals surface area contributed by atoms with Gasteiger partial charge in [0.15, 0.2) is 5.76 Å². The van der Waals surface area contributed by atoms with Crippen molar-refractivity contribution < 1.29 is 27.2 Å². The molecule has 1 unspecified atom stereocenters. The molecule has 2 rings (SSSR count). The molecular weight excluding hydrogens is 315 g/mol. The van der Waals surface area contributed by atoms with Gasteiger partial charge in [-0.05, 0) is 19.1 Å². The van der Waals surface area contributed by atoms with E-state index in [4.69, 9.17) is 4.42 Å². The third-order valence-corrected chi connectivity index (χ3v) is 3.72. The van der Waals surface area contributed by atoms with Gasteiger partial charge in [0.1, 0.15) is 6.54 Å². The lowest BCUT2D eigenvalue weighted by Gasteiger charge is -2.37. The van der Waals surface area contributed by atoms with Crippen LogP contribution in [-0.2, 0) is 4.79 Å². The van der Waals surface area contributed by atoms with E-state index in [1.165, 1.54) is 6.26 Å². The molecule has 1 aromatic heterocycles. The van der Waals surface area contributed by atoms with Gasteiger partial charge in [-0.15, -0.1) is 0 Å². The molecular formula is C14H18F3N3O3. The maximum atomic E-state index is 12.1. The molecule has 9 heteroatoms. The van der Waals surface area contributed by atoms with Crippen LogP contribution in [0.25, 0.3) is 0 Å². The summed E-state index contributed by atoms with van der Waals surface area (Å²) in [6, 6.07) is 2.51. The van der Waals surface area contributed by atoms with Crippen molar-refractivity contribution in [1.82, 2.24) is 15.1 Å². The van der Waals surface area contributed by atoms with Crippen LogP contribution >= 0.6 is 0 Å². The third-order valence-electron chi connectivity index (χ3n) is 3.72. The number of hydrogen-bond donors (Lipinski definition) is 1. The number of amides is 2. The second-order valence-electron chi connectivity index (χ2n) is 5.31. The number of hydrogen-bond acceptors (Lipinski definition) is 4. The molecule has 0 saturated carbocycles. The fourth-order valence-corrected chi connectivity index (χ4v) is 2.37. The summed E-state index contributed by atoms with van der Waals surface area (Å²) in [5.41, 5.74) is 0. The van der Waals surface area contributed by atoms with Gasteiger partial charge in [-0.3, -0.25) is 14.5 Å². The standard InChI is InChI=1S/C14H18F3N3O3/c1-10(12(21)18-9-14(15,16)17)19-4-6-20(7-5-19)13(22)11-3-2-8-23-11/h2-3,8,10H,4-7,9H2,1H3,(H,18,21). The Labute approximate surface area is 131 Å². The first-order chi connectivity index (χ1) is 10.8. The number of alkyl halides is 3. The van der Waals surface area contributed by atoms with Gasteiger partial charge < -0.3 is 14.6 Å². The molecule has 0 spiro atoms. The molecule has 1 aliphatic rings. The summed E-state index contributed by atoms with van der Waals surface area (Å²) in [6.07, 6.45) is -3.01. The molecule has 6 nitrogen and oxygen atoms in total. The largest absolute Gasteiger partial charge is 0.459 e. The number of carbonyl (C=O) groups is 2. The van der Waals surface area contributed by atoms with Crippen LogP contribution < -0.4 is 5.32 Å². The average Bonchev–Trinajstić information content (AvgIpc) is 3.05. The fraction of sp³-hybridized carbons (Fsp3) is 0.571. The summed E-state index contributed by atoms with van der Waals surface area (Å²) < 4.78 is 41.4. The van der Waals surface area contributed by atoms with Crippen molar-refractivity contribution in [3.63, 3.8) is 0 Å². The maximum Gasteiger partial charge on any atom is 0.405 e. The molecule has 23 heavy (non-hydrogen) atoms. The van der Waals surface area contributed by atoms with Crippen LogP contribution in [-0.4, -0.2) is 66.6 Å². The van der Waals surface area contributed by atoms with E-state index in [2.05, 4.69) is 0 Å². The molecule has 1 aromatic rings. The topological polar surface area (TPSA) is 65.8 Å². The lowest BCUT2D eigenvalue weighted by atomic mass is 10.2. The van der Waals surface area contributed by atoms with Gasteiger partial charge in [0.25, 0.3) is 5.91 Å². The van der Waals surface area contributed by atoms with Crippen LogP contribution in [0.4, 0.5) is 13.2 Å². The molecule has 0 aromatic carbocycles. The van der Waals surface area contributed by atoms with Crippen LogP contribution in [0.15, 0.2) is 22.8 Å². The van der Waals surface area contributed by atoms with Gasteiger partial charge in [0, 0.05) is 26.2 Å². The number of nitrogens with one attached hydrogen (secondary N) is 1. The Balaban J connectivity index is 1.81. The Kier molecular flexibility index (Phi) is 5.30. The van der Waals surface area contributed by atoms with Crippen molar-refractivity contribution in [3.8, 4) is 0 Å². The Morgan fingerprint density at radius 2 is 1.96 bits per heavy atom. The SMILES string of the molecule is CC(C(=O)NCC(F)(F)F)N1CCN(C(=O)c2ccco2)CC1. The van der Waals surface area contributed by atoms with Gasteiger partial charge >= 0.3 is 6.18 Å². The number of carbonyl (C=O) groups excluding carboxylic acids is 2. The molecule has 1 fully saturated rings. The van der Waals surface area contributed by atoms with Gasteiger partial charge in [-0.25, -0.2) is 0 Å². The van der Waals surface area contributed by atoms with E-state index in [0.717, 1.165) is 0 Å². The van der Waals surface area contributed by atoms with Gasteiger partial charge in [-0.2, -0.15) is 13.2 Å². The smallest absolute Gasteiger partial charge is 0.405 e. The zero-order valence-electron chi connectivity index (χ0n) is 12.6. The van der Waals surface area contributed by atoms with E-state index in [-0.39, 0.29) is 11.7 Å². The normalized spacial score (nSPS) is 17.8. The lowest BCUT2D eigenvalue weighted by Crippen LogP contribution is -2.55. The first-order valence-electron chi connectivity index (χ1n) is 7.19. The molecule has 0 radical (unpaired) electrons. The summed E-state index contributed by atoms with van der Waals surface area (Å²) in [5.74, 6) is -0.661. The summed E-state index contributed by atoms with van der Waals surface area (Å²) in [6.45, 7) is 1.80. The molecule has 1 aliphatic heterocycles.